The number of amides is 1. The Labute approximate surface area is 92.0 Å². The highest BCUT2D eigenvalue weighted by atomic mass is 16.2. The quantitative estimate of drug-likeness (QED) is 0.682. The first-order chi connectivity index (χ1) is 7.06. The first-order valence-corrected chi connectivity index (χ1v) is 5.54. The van der Waals surface area contributed by atoms with Crippen molar-refractivity contribution in [3.63, 3.8) is 0 Å². The Kier molecular flexibility index (Phi) is 6.96. The molecule has 0 saturated carbocycles. The van der Waals surface area contributed by atoms with E-state index in [1.807, 2.05) is 25.7 Å². The van der Waals surface area contributed by atoms with Crippen molar-refractivity contribution in [3.8, 4) is 0 Å². The van der Waals surface area contributed by atoms with Crippen LogP contribution in [-0.4, -0.2) is 42.8 Å². The van der Waals surface area contributed by atoms with Crippen LogP contribution in [0.25, 0.3) is 0 Å². The van der Waals surface area contributed by atoms with Gasteiger partial charge in [-0.1, -0.05) is 13.8 Å². The van der Waals surface area contributed by atoms with Crippen molar-refractivity contribution in [1.82, 2.24) is 10.2 Å². The molecule has 0 aromatic rings. The van der Waals surface area contributed by atoms with Crippen LogP contribution in [0.3, 0.4) is 0 Å². The number of Topliss-reactive ketones (excluding diaryl/α,β-unsaturated/α-hetero) is 1. The molecule has 0 heterocycles. The lowest BCUT2D eigenvalue weighted by molar-refractivity contribution is -0.126. The Morgan fingerprint density at radius 1 is 1.33 bits per heavy atom. The van der Waals surface area contributed by atoms with Gasteiger partial charge in [-0.3, -0.25) is 14.5 Å². The molecule has 1 amide bonds. The summed E-state index contributed by atoms with van der Waals surface area (Å²) in [6.07, 6.45) is 1.47. The van der Waals surface area contributed by atoms with Crippen LogP contribution >= 0.6 is 0 Å². The van der Waals surface area contributed by atoms with Gasteiger partial charge in [-0.25, -0.2) is 0 Å². The molecule has 4 heteroatoms. The Bertz CT molecular complexity index is 217. The zero-order chi connectivity index (χ0) is 11.8. The Balaban J connectivity index is 4.36. The van der Waals surface area contributed by atoms with E-state index in [0.717, 1.165) is 13.0 Å². The summed E-state index contributed by atoms with van der Waals surface area (Å²) in [6, 6.07) is -0.160. The van der Waals surface area contributed by atoms with Crippen LogP contribution in [0.4, 0.5) is 0 Å². The zero-order valence-electron chi connectivity index (χ0n) is 10.2. The van der Waals surface area contributed by atoms with Crippen molar-refractivity contribution in [2.75, 3.05) is 20.1 Å². The molecule has 0 radical (unpaired) electrons. The minimum absolute atomic E-state index is 0.0424. The average Bonchev–Trinajstić information content (AvgIpc) is 2.26. The number of nitrogens with one attached hydrogen (secondary N) is 1. The fourth-order valence-electron chi connectivity index (χ4n) is 1.46. The minimum atomic E-state index is -0.160. The lowest BCUT2D eigenvalue weighted by Gasteiger charge is -2.26. The molecule has 1 unspecified atom stereocenters. The Morgan fingerprint density at radius 2 is 1.93 bits per heavy atom. The number of carbonyl (C=O) groups is 2. The highest BCUT2D eigenvalue weighted by molar-refractivity contribution is 5.84. The first kappa shape index (κ1) is 14.1. The van der Waals surface area contributed by atoms with Crippen LogP contribution in [0.2, 0.25) is 0 Å². The van der Waals surface area contributed by atoms with Gasteiger partial charge in [0.15, 0.2) is 0 Å². The number of ketones is 1. The van der Waals surface area contributed by atoms with E-state index in [2.05, 4.69) is 5.32 Å². The van der Waals surface area contributed by atoms with Gasteiger partial charge >= 0.3 is 0 Å². The standard InChI is InChI=1S/C11H22N2O2/c1-5-7-13(8-11(15)12-4)9(3)10(14)6-2/h9H,5-8H2,1-4H3,(H,12,15). The van der Waals surface area contributed by atoms with E-state index in [1.54, 1.807) is 7.05 Å². The van der Waals surface area contributed by atoms with Gasteiger partial charge in [0.25, 0.3) is 0 Å². The van der Waals surface area contributed by atoms with Gasteiger partial charge in [0.1, 0.15) is 5.78 Å². The maximum absolute atomic E-state index is 11.5. The van der Waals surface area contributed by atoms with Crippen molar-refractivity contribution in [2.45, 2.75) is 39.7 Å². The molecule has 0 aliphatic carbocycles. The number of rotatable bonds is 7. The second-order valence-electron chi connectivity index (χ2n) is 3.64. The first-order valence-electron chi connectivity index (χ1n) is 5.54. The lowest BCUT2D eigenvalue weighted by Crippen LogP contribution is -2.44. The van der Waals surface area contributed by atoms with E-state index >= 15 is 0 Å². The third-order valence-electron chi connectivity index (χ3n) is 2.50. The van der Waals surface area contributed by atoms with Crippen LogP contribution in [0.1, 0.15) is 33.6 Å². The third-order valence-corrected chi connectivity index (χ3v) is 2.50. The number of hydrogen-bond acceptors (Lipinski definition) is 3. The molecule has 88 valence electrons. The molecule has 1 N–H and O–H groups in total. The van der Waals surface area contributed by atoms with Crippen LogP contribution in [0, 0.1) is 0 Å². The maximum Gasteiger partial charge on any atom is 0.233 e. The fraction of sp³-hybridized carbons (Fsp3) is 0.818. The Morgan fingerprint density at radius 3 is 2.33 bits per heavy atom. The summed E-state index contributed by atoms with van der Waals surface area (Å²) < 4.78 is 0. The summed E-state index contributed by atoms with van der Waals surface area (Å²) in [5.74, 6) is 0.145. The average molecular weight is 214 g/mol. The largest absolute Gasteiger partial charge is 0.358 e. The fourth-order valence-corrected chi connectivity index (χ4v) is 1.46. The van der Waals surface area contributed by atoms with E-state index in [0.29, 0.717) is 13.0 Å². The number of likely N-dealkylation sites (N-methyl/N-ethyl adjacent to an activating group) is 1. The predicted molar refractivity (Wildman–Crippen MR) is 60.7 cm³/mol. The van der Waals surface area contributed by atoms with Crippen molar-refractivity contribution >= 4 is 11.7 Å². The van der Waals surface area contributed by atoms with Crippen molar-refractivity contribution in [1.29, 1.82) is 0 Å². The SMILES string of the molecule is CCCN(CC(=O)NC)C(C)C(=O)CC. The molecule has 0 fully saturated rings. The minimum Gasteiger partial charge on any atom is -0.358 e. The molecule has 0 aliphatic rings. The lowest BCUT2D eigenvalue weighted by atomic mass is 10.1. The van der Waals surface area contributed by atoms with Gasteiger partial charge < -0.3 is 5.32 Å². The summed E-state index contributed by atoms with van der Waals surface area (Å²) in [5, 5.41) is 2.57. The number of carbonyl (C=O) groups excluding carboxylic acids is 2. The molecule has 0 spiro atoms. The van der Waals surface area contributed by atoms with Gasteiger partial charge in [-0.2, -0.15) is 0 Å². The number of hydrogen-bond donors (Lipinski definition) is 1. The van der Waals surface area contributed by atoms with Crippen LogP contribution in [-0.2, 0) is 9.59 Å². The molecule has 0 aromatic heterocycles. The van der Waals surface area contributed by atoms with Crippen LogP contribution in [0.15, 0.2) is 0 Å². The highest BCUT2D eigenvalue weighted by Gasteiger charge is 2.20. The highest BCUT2D eigenvalue weighted by Crippen LogP contribution is 2.03. The molecule has 15 heavy (non-hydrogen) atoms. The molecule has 1 atom stereocenters. The van der Waals surface area contributed by atoms with E-state index in [9.17, 15) is 9.59 Å². The second kappa shape index (κ2) is 7.40. The summed E-state index contributed by atoms with van der Waals surface area (Å²) in [7, 11) is 1.61. The van der Waals surface area contributed by atoms with Gasteiger partial charge in [0.05, 0.1) is 12.6 Å². The summed E-state index contributed by atoms with van der Waals surface area (Å²) in [4.78, 5) is 24.7. The molecule has 0 saturated heterocycles. The normalized spacial score (nSPS) is 12.6. The van der Waals surface area contributed by atoms with Gasteiger partial charge in [-0.05, 0) is 19.9 Å². The van der Waals surface area contributed by atoms with E-state index in [4.69, 9.17) is 0 Å². The van der Waals surface area contributed by atoms with E-state index in [1.165, 1.54) is 0 Å². The topological polar surface area (TPSA) is 49.4 Å². The van der Waals surface area contributed by atoms with Crippen LogP contribution < -0.4 is 5.32 Å². The molecular weight excluding hydrogens is 192 g/mol. The summed E-state index contributed by atoms with van der Waals surface area (Å²) in [6.45, 7) is 6.84. The summed E-state index contributed by atoms with van der Waals surface area (Å²) >= 11 is 0. The molecule has 4 nitrogen and oxygen atoms in total. The Hall–Kier alpha value is -0.900. The molecule has 0 rings (SSSR count). The van der Waals surface area contributed by atoms with Crippen molar-refractivity contribution in [3.05, 3.63) is 0 Å². The third kappa shape index (κ3) is 4.93. The van der Waals surface area contributed by atoms with E-state index < -0.39 is 0 Å². The summed E-state index contributed by atoms with van der Waals surface area (Å²) in [5.41, 5.74) is 0. The smallest absolute Gasteiger partial charge is 0.233 e. The van der Waals surface area contributed by atoms with Gasteiger partial charge in [0, 0.05) is 13.5 Å². The second-order valence-corrected chi connectivity index (χ2v) is 3.64. The predicted octanol–water partition coefficient (Wildman–Crippen LogP) is 0.812. The molecule has 0 bridgehead atoms. The van der Waals surface area contributed by atoms with Gasteiger partial charge in [-0.15, -0.1) is 0 Å². The van der Waals surface area contributed by atoms with E-state index in [-0.39, 0.29) is 17.7 Å². The molecular formula is C11H22N2O2. The van der Waals surface area contributed by atoms with Crippen molar-refractivity contribution < 1.29 is 9.59 Å². The van der Waals surface area contributed by atoms with Crippen LogP contribution in [0.5, 0.6) is 0 Å². The molecule has 0 aliphatic heterocycles. The van der Waals surface area contributed by atoms with Crippen molar-refractivity contribution in [2.24, 2.45) is 0 Å². The monoisotopic (exact) mass is 214 g/mol. The number of nitrogens with zero attached hydrogens (tertiary/aromatic N) is 1. The van der Waals surface area contributed by atoms with Gasteiger partial charge in [0.2, 0.25) is 5.91 Å². The molecule has 0 aromatic carbocycles. The maximum atomic E-state index is 11.5. The zero-order valence-corrected chi connectivity index (χ0v) is 10.2.